The van der Waals surface area contributed by atoms with Crippen LogP contribution in [-0.4, -0.2) is 12.6 Å². The van der Waals surface area contributed by atoms with Crippen LogP contribution in [0.5, 0.6) is 0 Å². The first-order valence-electron chi connectivity index (χ1n) is 6.70. The van der Waals surface area contributed by atoms with Gasteiger partial charge in [-0.3, -0.25) is 0 Å². The van der Waals surface area contributed by atoms with Crippen molar-refractivity contribution in [3.63, 3.8) is 0 Å². The first kappa shape index (κ1) is 14.4. The molecule has 0 aromatic heterocycles. The summed E-state index contributed by atoms with van der Waals surface area (Å²) in [5.74, 6) is 0. The molecule has 0 amide bonds. The number of nitriles is 1. The maximum Gasteiger partial charge on any atom is 0.0992 e. The summed E-state index contributed by atoms with van der Waals surface area (Å²) in [6.07, 6.45) is 3.37. The van der Waals surface area contributed by atoms with Crippen LogP contribution in [0.4, 0.5) is 11.4 Å². The van der Waals surface area contributed by atoms with Gasteiger partial charge in [-0.2, -0.15) is 5.26 Å². The van der Waals surface area contributed by atoms with Gasteiger partial charge in [-0.25, -0.2) is 0 Å². The highest BCUT2D eigenvalue weighted by Crippen LogP contribution is 2.27. The van der Waals surface area contributed by atoms with Crippen molar-refractivity contribution in [3.05, 3.63) is 23.8 Å². The van der Waals surface area contributed by atoms with E-state index in [9.17, 15) is 0 Å². The Hall–Kier alpha value is -1.69. The maximum atomic E-state index is 9.00. The Morgan fingerprint density at radius 3 is 2.67 bits per heavy atom. The topological polar surface area (TPSA) is 53.0 Å². The molecule has 0 spiro atoms. The molecule has 0 fully saturated rings. The van der Waals surface area contributed by atoms with Crippen molar-refractivity contribution in [2.75, 3.05) is 17.2 Å². The largest absolute Gasteiger partial charge is 0.397 e. The van der Waals surface area contributed by atoms with Crippen LogP contribution in [0.15, 0.2) is 18.2 Å². The van der Waals surface area contributed by atoms with E-state index in [0.29, 0.717) is 11.6 Å². The quantitative estimate of drug-likeness (QED) is 0.780. The van der Waals surface area contributed by atoms with E-state index in [1.54, 1.807) is 6.07 Å². The SMILES string of the molecule is CCCCN(c1cc(C#N)ccc1N)C(C)CC. The van der Waals surface area contributed by atoms with Gasteiger partial charge in [-0.05, 0) is 38.0 Å². The van der Waals surface area contributed by atoms with Crippen LogP contribution in [0.2, 0.25) is 0 Å². The van der Waals surface area contributed by atoms with Crippen LogP contribution in [0.3, 0.4) is 0 Å². The van der Waals surface area contributed by atoms with E-state index in [4.69, 9.17) is 11.0 Å². The zero-order chi connectivity index (χ0) is 13.5. The molecule has 3 heteroatoms. The maximum absolute atomic E-state index is 9.00. The second-order valence-corrected chi connectivity index (χ2v) is 4.69. The number of nitrogens with two attached hydrogens (primary N) is 1. The molecule has 1 atom stereocenters. The van der Waals surface area contributed by atoms with Crippen molar-refractivity contribution >= 4 is 11.4 Å². The Morgan fingerprint density at radius 1 is 1.39 bits per heavy atom. The lowest BCUT2D eigenvalue weighted by atomic mass is 10.1. The van der Waals surface area contributed by atoms with Crippen molar-refractivity contribution < 1.29 is 0 Å². The lowest BCUT2D eigenvalue weighted by Gasteiger charge is -2.32. The van der Waals surface area contributed by atoms with E-state index < -0.39 is 0 Å². The summed E-state index contributed by atoms with van der Waals surface area (Å²) in [6.45, 7) is 7.55. The summed E-state index contributed by atoms with van der Waals surface area (Å²) < 4.78 is 0. The van der Waals surface area contributed by atoms with Crippen LogP contribution in [0.25, 0.3) is 0 Å². The Kier molecular flexibility index (Phi) is 5.51. The number of hydrogen-bond donors (Lipinski definition) is 1. The molecular formula is C15H23N3. The predicted octanol–water partition coefficient (Wildman–Crippen LogP) is 3.55. The van der Waals surface area contributed by atoms with Crippen molar-refractivity contribution in [2.24, 2.45) is 0 Å². The van der Waals surface area contributed by atoms with E-state index in [1.165, 1.54) is 0 Å². The van der Waals surface area contributed by atoms with Crippen LogP contribution in [0, 0.1) is 11.3 Å². The van der Waals surface area contributed by atoms with Crippen molar-refractivity contribution in [1.29, 1.82) is 5.26 Å². The Balaban J connectivity index is 3.07. The van der Waals surface area contributed by atoms with Gasteiger partial charge in [0.15, 0.2) is 0 Å². The average molecular weight is 245 g/mol. The summed E-state index contributed by atoms with van der Waals surface area (Å²) in [4.78, 5) is 2.32. The molecule has 0 heterocycles. The molecule has 3 nitrogen and oxygen atoms in total. The molecule has 1 rings (SSSR count). The summed E-state index contributed by atoms with van der Waals surface area (Å²) in [7, 11) is 0. The monoisotopic (exact) mass is 245 g/mol. The van der Waals surface area contributed by atoms with E-state index in [-0.39, 0.29) is 0 Å². The van der Waals surface area contributed by atoms with Crippen molar-refractivity contribution in [3.8, 4) is 6.07 Å². The van der Waals surface area contributed by atoms with E-state index in [0.717, 1.165) is 37.2 Å². The highest BCUT2D eigenvalue weighted by molar-refractivity contribution is 5.70. The zero-order valence-electron chi connectivity index (χ0n) is 11.6. The van der Waals surface area contributed by atoms with Gasteiger partial charge in [0.25, 0.3) is 0 Å². The van der Waals surface area contributed by atoms with Gasteiger partial charge in [-0.1, -0.05) is 20.3 Å². The van der Waals surface area contributed by atoms with Gasteiger partial charge < -0.3 is 10.6 Å². The number of hydrogen-bond acceptors (Lipinski definition) is 3. The van der Waals surface area contributed by atoms with Crippen LogP contribution < -0.4 is 10.6 Å². The number of nitrogen functional groups attached to an aromatic ring is 1. The number of benzene rings is 1. The molecule has 1 unspecified atom stereocenters. The first-order valence-corrected chi connectivity index (χ1v) is 6.70. The highest BCUT2D eigenvalue weighted by Gasteiger charge is 2.15. The average Bonchev–Trinajstić information content (AvgIpc) is 2.40. The second kappa shape index (κ2) is 6.90. The molecule has 18 heavy (non-hydrogen) atoms. The molecular weight excluding hydrogens is 222 g/mol. The molecule has 0 radical (unpaired) electrons. The molecule has 0 bridgehead atoms. The van der Waals surface area contributed by atoms with Gasteiger partial charge in [0.05, 0.1) is 23.0 Å². The van der Waals surface area contributed by atoms with Crippen LogP contribution in [-0.2, 0) is 0 Å². The fourth-order valence-corrected chi connectivity index (χ4v) is 1.99. The third-order valence-corrected chi connectivity index (χ3v) is 3.34. The number of anilines is 2. The first-order chi connectivity index (χ1) is 8.63. The predicted molar refractivity (Wildman–Crippen MR) is 77.6 cm³/mol. The Labute approximate surface area is 110 Å². The molecule has 98 valence electrons. The normalized spacial score (nSPS) is 11.9. The Bertz CT molecular complexity index is 420. The van der Waals surface area contributed by atoms with Crippen molar-refractivity contribution in [2.45, 2.75) is 46.1 Å². The molecule has 0 aliphatic rings. The van der Waals surface area contributed by atoms with Gasteiger partial charge in [0, 0.05) is 12.6 Å². The molecule has 0 saturated carbocycles. The highest BCUT2D eigenvalue weighted by atomic mass is 15.2. The van der Waals surface area contributed by atoms with Crippen LogP contribution in [0.1, 0.15) is 45.6 Å². The van der Waals surface area contributed by atoms with E-state index >= 15 is 0 Å². The fourth-order valence-electron chi connectivity index (χ4n) is 1.99. The number of rotatable bonds is 6. The molecule has 0 saturated heterocycles. The van der Waals surface area contributed by atoms with Gasteiger partial charge >= 0.3 is 0 Å². The summed E-state index contributed by atoms with van der Waals surface area (Å²) >= 11 is 0. The number of unbranched alkanes of at least 4 members (excludes halogenated alkanes) is 1. The van der Waals surface area contributed by atoms with E-state index in [1.807, 2.05) is 12.1 Å². The lowest BCUT2D eigenvalue weighted by Crippen LogP contribution is -2.34. The third-order valence-electron chi connectivity index (χ3n) is 3.34. The summed E-state index contributed by atoms with van der Waals surface area (Å²) in [6, 6.07) is 8.12. The Morgan fingerprint density at radius 2 is 2.11 bits per heavy atom. The van der Waals surface area contributed by atoms with Gasteiger partial charge in [0.2, 0.25) is 0 Å². The lowest BCUT2D eigenvalue weighted by molar-refractivity contribution is 0.596. The summed E-state index contributed by atoms with van der Waals surface area (Å²) in [5, 5.41) is 9.00. The standard InChI is InChI=1S/C15H23N3/c1-4-6-9-18(12(3)5-2)15-10-13(11-16)7-8-14(15)17/h7-8,10,12H,4-6,9,17H2,1-3H3. The molecule has 0 aliphatic carbocycles. The zero-order valence-corrected chi connectivity index (χ0v) is 11.6. The fraction of sp³-hybridized carbons (Fsp3) is 0.533. The minimum absolute atomic E-state index is 0.438. The van der Waals surface area contributed by atoms with E-state index in [2.05, 4.69) is 31.7 Å². The molecule has 2 N–H and O–H groups in total. The smallest absolute Gasteiger partial charge is 0.0992 e. The molecule has 0 aliphatic heterocycles. The molecule has 1 aromatic carbocycles. The van der Waals surface area contributed by atoms with Gasteiger partial charge in [-0.15, -0.1) is 0 Å². The van der Waals surface area contributed by atoms with Gasteiger partial charge in [0.1, 0.15) is 0 Å². The summed E-state index contributed by atoms with van der Waals surface area (Å²) in [5.41, 5.74) is 8.48. The minimum atomic E-state index is 0.438. The minimum Gasteiger partial charge on any atom is -0.397 e. The third kappa shape index (κ3) is 3.40. The molecule has 1 aromatic rings. The number of nitrogens with zero attached hydrogens (tertiary/aromatic N) is 2. The second-order valence-electron chi connectivity index (χ2n) is 4.69. The van der Waals surface area contributed by atoms with Crippen LogP contribution >= 0.6 is 0 Å². The van der Waals surface area contributed by atoms with Crippen molar-refractivity contribution in [1.82, 2.24) is 0 Å².